The molecule has 2 saturated heterocycles. The van der Waals surface area contributed by atoms with E-state index in [0.29, 0.717) is 6.42 Å². The van der Waals surface area contributed by atoms with Crippen molar-refractivity contribution in [3.8, 4) is 0 Å². The number of amides is 2. The smallest absolute Gasteiger partial charge is 0.229 e. The molecule has 1 atom stereocenters. The quantitative estimate of drug-likeness (QED) is 0.628. The molecule has 0 N–H and O–H groups in total. The molecule has 2 amide bonds. The minimum atomic E-state index is 0.0481. The molecule has 1 unspecified atom stereocenters. The predicted octanol–water partition coefficient (Wildman–Crippen LogP) is 4.18. The van der Waals surface area contributed by atoms with E-state index in [1.807, 2.05) is 28.5 Å². The standard InChI is InChI=1S/C21H22N4O2S2/c26-18-9-5-11-25(18)21-22-14(13-28-21)12-19(27)24-10-4-3-7-16(24)20-23-15-6-1-2-8-17(15)29-20/h1-2,6,8,13,16H,3-5,7,9-12H2. The van der Waals surface area contributed by atoms with Crippen LogP contribution in [0.2, 0.25) is 0 Å². The van der Waals surface area contributed by atoms with Crippen LogP contribution in [0.25, 0.3) is 10.2 Å². The van der Waals surface area contributed by atoms with E-state index >= 15 is 0 Å². The SMILES string of the molecule is O=C1CCCN1c1nc(CC(=O)N2CCCCC2c2nc3ccccc3s2)cs1. The molecule has 0 radical (unpaired) electrons. The van der Waals surface area contributed by atoms with E-state index in [9.17, 15) is 9.59 Å². The maximum absolute atomic E-state index is 13.1. The van der Waals surface area contributed by atoms with Crippen LogP contribution in [0, 0.1) is 0 Å². The van der Waals surface area contributed by atoms with Gasteiger partial charge in [-0.2, -0.15) is 0 Å². The molecule has 8 heteroatoms. The molecule has 150 valence electrons. The number of benzene rings is 1. The second-order valence-corrected chi connectivity index (χ2v) is 9.46. The molecule has 0 spiro atoms. The van der Waals surface area contributed by atoms with Gasteiger partial charge in [0.15, 0.2) is 5.13 Å². The number of hydrogen-bond acceptors (Lipinski definition) is 6. The number of nitrogens with zero attached hydrogens (tertiary/aromatic N) is 4. The Bertz CT molecular complexity index is 1030. The van der Waals surface area contributed by atoms with Crippen LogP contribution < -0.4 is 4.90 Å². The molecule has 0 saturated carbocycles. The fraction of sp³-hybridized carbons (Fsp3) is 0.429. The molecule has 2 aromatic heterocycles. The lowest BCUT2D eigenvalue weighted by atomic mass is 10.0. The van der Waals surface area contributed by atoms with Crippen molar-refractivity contribution < 1.29 is 9.59 Å². The zero-order valence-electron chi connectivity index (χ0n) is 16.0. The Morgan fingerprint density at radius 1 is 1.14 bits per heavy atom. The number of carbonyl (C=O) groups excluding carboxylic acids is 2. The van der Waals surface area contributed by atoms with Gasteiger partial charge in [0.1, 0.15) is 5.01 Å². The number of carbonyl (C=O) groups is 2. The third-order valence-corrected chi connectivity index (χ3v) is 7.64. The van der Waals surface area contributed by atoms with E-state index in [2.05, 4.69) is 11.1 Å². The van der Waals surface area contributed by atoms with Crippen LogP contribution in [0.5, 0.6) is 0 Å². The largest absolute Gasteiger partial charge is 0.333 e. The monoisotopic (exact) mass is 426 g/mol. The molecule has 3 aromatic rings. The molecule has 0 aliphatic carbocycles. The lowest BCUT2D eigenvalue weighted by Crippen LogP contribution is -2.39. The molecule has 0 bridgehead atoms. The summed E-state index contributed by atoms with van der Waals surface area (Å²) in [5.74, 6) is 0.225. The van der Waals surface area contributed by atoms with Crippen molar-refractivity contribution in [1.29, 1.82) is 0 Å². The van der Waals surface area contributed by atoms with Gasteiger partial charge in [0.05, 0.1) is 28.4 Å². The van der Waals surface area contributed by atoms with Crippen molar-refractivity contribution in [3.05, 3.63) is 40.3 Å². The summed E-state index contributed by atoms with van der Waals surface area (Å²) in [5, 5.41) is 3.66. The predicted molar refractivity (Wildman–Crippen MR) is 115 cm³/mol. The van der Waals surface area contributed by atoms with Gasteiger partial charge in [0, 0.05) is 24.9 Å². The molecule has 5 rings (SSSR count). The van der Waals surface area contributed by atoms with Crippen LogP contribution in [0.1, 0.15) is 48.8 Å². The Morgan fingerprint density at radius 2 is 2.03 bits per heavy atom. The number of hydrogen-bond donors (Lipinski definition) is 0. The minimum absolute atomic E-state index is 0.0481. The molecule has 1 aromatic carbocycles. The molecular weight excluding hydrogens is 404 g/mol. The average Bonchev–Trinajstić information content (AvgIpc) is 3.47. The third-order valence-electron chi connectivity index (χ3n) is 5.59. The summed E-state index contributed by atoms with van der Waals surface area (Å²) >= 11 is 3.14. The summed E-state index contributed by atoms with van der Waals surface area (Å²) in [6.07, 6.45) is 4.84. The van der Waals surface area contributed by atoms with Gasteiger partial charge < -0.3 is 4.90 Å². The van der Waals surface area contributed by atoms with Gasteiger partial charge in [-0.25, -0.2) is 9.97 Å². The Balaban J connectivity index is 1.33. The van der Waals surface area contributed by atoms with Crippen LogP contribution >= 0.6 is 22.7 Å². The molecule has 2 aliphatic heterocycles. The lowest BCUT2D eigenvalue weighted by molar-refractivity contribution is -0.134. The lowest BCUT2D eigenvalue weighted by Gasteiger charge is -2.34. The summed E-state index contributed by atoms with van der Waals surface area (Å²) in [5.41, 5.74) is 1.76. The zero-order valence-corrected chi connectivity index (χ0v) is 17.7. The van der Waals surface area contributed by atoms with Gasteiger partial charge in [-0.05, 0) is 37.8 Å². The van der Waals surface area contributed by atoms with Gasteiger partial charge in [0.2, 0.25) is 11.8 Å². The number of likely N-dealkylation sites (tertiary alicyclic amines) is 1. The van der Waals surface area contributed by atoms with E-state index < -0.39 is 0 Å². The van der Waals surface area contributed by atoms with Crippen LogP contribution in [0.4, 0.5) is 5.13 Å². The summed E-state index contributed by atoms with van der Waals surface area (Å²) in [4.78, 5) is 38.2. The Morgan fingerprint density at radius 3 is 2.86 bits per heavy atom. The highest BCUT2D eigenvalue weighted by atomic mass is 32.1. The van der Waals surface area contributed by atoms with Crippen LogP contribution in [-0.2, 0) is 16.0 Å². The maximum Gasteiger partial charge on any atom is 0.229 e. The number of fused-ring (bicyclic) bond motifs is 1. The van der Waals surface area contributed by atoms with Gasteiger partial charge >= 0.3 is 0 Å². The Labute approximate surface area is 177 Å². The molecular formula is C21H22N4O2S2. The van der Waals surface area contributed by atoms with Gasteiger partial charge in [-0.15, -0.1) is 22.7 Å². The van der Waals surface area contributed by atoms with Crippen molar-refractivity contribution in [2.24, 2.45) is 0 Å². The highest BCUT2D eigenvalue weighted by Crippen LogP contribution is 2.36. The average molecular weight is 427 g/mol. The number of aromatic nitrogens is 2. The van der Waals surface area contributed by atoms with Crippen molar-refractivity contribution in [2.45, 2.75) is 44.6 Å². The number of para-hydroxylation sites is 1. The van der Waals surface area contributed by atoms with Gasteiger partial charge in [-0.3, -0.25) is 14.5 Å². The molecule has 29 heavy (non-hydrogen) atoms. The number of piperidine rings is 1. The van der Waals surface area contributed by atoms with E-state index in [4.69, 9.17) is 4.98 Å². The summed E-state index contributed by atoms with van der Waals surface area (Å²) in [7, 11) is 0. The Hall–Kier alpha value is -2.32. The molecule has 4 heterocycles. The first-order valence-electron chi connectivity index (χ1n) is 10.1. The highest BCUT2D eigenvalue weighted by Gasteiger charge is 2.31. The van der Waals surface area contributed by atoms with E-state index in [1.165, 1.54) is 16.0 Å². The topological polar surface area (TPSA) is 66.4 Å². The van der Waals surface area contributed by atoms with Crippen molar-refractivity contribution >= 4 is 49.8 Å². The number of thiazole rings is 2. The summed E-state index contributed by atoms with van der Waals surface area (Å²) in [6, 6.07) is 8.19. The number of rotatable bonds is 4. The minimum Gasteiger partial charge on any atom is -0.333 e. The van der Waals surface area contributed by atoms with Gasteiger partial charge in [0.25, 0.3) is 0 Å². The fourth-order valence-electron chi connectivity index (χ4n) is 4.13. The maximum atomic E-state index is 13.1. The second kappa shape index (κ2) is 7.84. The van der Waals surface area contributed by atoms with Crippen molar-refractivity contribution in [3.63, 3.8) is 0 Å². The summed E-state index contributed by atoms with van der Waals surface area (Å²) in [6.45, 7) is 1.49. The zero-order chi connectivity index (χ0) is 19.8. The first-order valence-corrected chi connectivity index (χ1v) is 11.8. The van der Waals surface area contributed by atoms with E-state index in [1.54, 1.807) is 16.2 Å². The first kappa shape index (κ1) is 18.7. The van der Waals surface area contributed by atoms with Crippen LogP contribution in [0.15, 0.2) is 29.6 Å². The number of anilines is 1. The molecule has 2 fully saturated rings. The second-order valence-electron chi connectivity index (χ2n) is 7.57. The van der Waals surface area contributed by atoms with Crippen LogP contribution in [0.3, 0.4) is 0 Å². The summed E-state index contributed by atoms with van der Waals surface area (Å²) < 4.78 is 1.17. The van der Waals surface area contributed by atoms with Crippen molar-refractivity contribution in [2.75, 3.05) is 18.0 Å². The van der Waals surface area contributed by atoms with Crippen molar-refractivity contribution in [1.82, 2.24) is 14.9 Å². The first-order chi connectivity index (χ1) is 14.2. The third kappa shape index (κ3) is 3.67. The highest BCUT2D eigenvalue weighted by molar-refractivity contribution is 7.18. The van der Waals surface area contributed by atoms with Crippen LogP contribution in [-0.4, -0.2) is 39.8 Å². The Kier molecular flexibility index (Phi) is 5.05. The van der Waals surface area contributed by atoms with Gasteiger partial charge in [-0.1, -0.05) is 12.1 Å². The van der Waals surface area contributed by atoms with E-state index in [-0.39, 0.29) is 24.3 Å². The molecule has 2 aliphatic rings. The van der Waals surface area contributed by atoms with E-state index in [0.717, 1.165) is 60.1 Å². The fourth-order valence-corrected chi connectivity index (χ4v) is 6.11. The normalized spacial score (nSPS) is 20.0. The molecule has 6 nitrogen and oxygen atoms in total.